The fourth-order valence-electron chi connectivity index (χ4n) is 3.39. The molecule has 0 aliphatic rings. The molecule has 0 unspecified atom stereocenters. The summed E-state index contributed by atoms with van der Waals surface area (Å²) in [7, 11) is 0. The molecule has 1 atom stereocenters. The summed E-state index contributed by atoms with van der Waals surface area (Å²) >= 11 is 0. The number of H-pyrrole nitrogens is 1. The Labute approximate surface area is 173 Å². The van der Waals surface area contributed by atoms with Crippen LogP contribution in [0.2, 0.25) is 0 Å². The van der Waals surface area contributed by atoms with Gasteiger partial charge in [-0.25, -0.2) is 24.9 Å². The summed E-state index contributed by atoms with van der Waals surface area (Å²) in [6, 6.07) is 10.8. The summed E-state index contributed by atoms with van der Waals surface area (Å²) in [4.78, 5) is 23.9. The zero-order valence-electron chi connectivity index (χ0n) is 16.1. The average Bonchev–Trinajstić information content (AvgIpc) is 3.38. The number of imidazole rings is 2. The standard InChI is InChI=1S/C20H15F3N8/c1-11(28-17-15-16(25-9-24-15)26-10-27-17)18-29-13-7-8-14(20(21,22)23)30-19(13)31(18)12-5-3-2-4-6-12/h2-11H,1H3,(H2,24,25,26,27,28)/t11-/m0/s1. The van der Waals surface area contributed by atoms with Crippen molar-refractivity contribution in [2.75, 3.05) is 5.32 Å². The van der Waals surface area contributed by atoms with Gasteiger partial charge in [0, 0.05) is 5.69 Å². The normalized spacial score (nSPS) is 13.0. The Balaban J connectivity index is 1.66. The number of hydrogen-bond acceptors (Lipinski definition) is 6. The third-order valence-electron chi connectivity index (χ3n) is 4.79. The lowest BCUT2D eigenvalue weighted by Gasteiger charge is -2.16. The van der Waals surface area contributed by atoms with E-state index in [1.165, 1.54) is 18.7 Å². The molecule has 11 heteroatoms. The molecule has 8 nitrogen and oxygen atoms in total. The summed E-state index contributed by atoms with van der Waals surface area (Å²) in [6.45, 7) is 1.84. The maximum absolute atomic E-state index is 13.3. The molecule has 156 valence electrons. The highest BCUT2D eigenvalue weighted by Gasteiger charge is 2.33. The molecule has 0 saturated heterocycles. The number of anilines is 1. The van der Waals surface area contributed by atoms with Crippen molar-refractivity contribution in [3.8, 4) is 5.69 Å². The second kappa shape index (κ2) is 7.04. The quantitative estimate of drug-likeness (QED) is 0.447. The van der Waals surface area contributed by atoms with E-state index in [0.29, 0.717) is 34.0 Å². The molecule has 2 N–H and O–H groups in total. The number of para-hydroxylation sites is 1. The number of nitrogens with one attached hydrogen (secondary N) is 2. The molecule has 0 aliphatic heterocycles. The molecule has 0 spiro atoms. The minimum absolute atomic E-state index is 0.122. The zero-order chi connectivity index (χ0) is 21.6. The van der Waals surface area contributed by atoms with Crippen molar-refractivity contribution >= 4 is 28.1 Å². The van der Waals surface area contributed by atoms with E-state index in [0.717, 1.165) is 6.07 Å². The van der Waals surface area contributed by atoms with Gasteiger partial charge in [-0.3, -0.25) is 4.57 Å². The molecular formula is C20H15F3N8. The van der Waals surface area contributed by atoms with Gasteiger partial charge < -0.3 is 10.3 Å². The van der Waals surface area contributed by atoms with Crippen LogP contribution in [0, 0.1) is 0 Å². The predicted molar refractivity (Wildman–Crippen MR) is 108 cm³/mol. The minimum Gasteiger partial charge on any atom is -0.358 e. The van der Waals surface area contributed by atoms with Crippen LogP contribution in [-0.2, 0) is 6.18 Å². The number of benzene rings is 1. The Morgan fingerprint density at radius 1 is 1.00 bits per heavy atom. The van der Waals surface area contributed by atoms with Gasteiger partial charge in [0.15, 0.2) is 17.1 Å². The van der Waals surface area contributed by atoms with E-state index in [-0.39, 0.29) is 5.65 Å². The van der Waals surface area contributed by atoms with Crippen molar-refractivity contribution in [3.05, 3.63) is 66.6 Å². The molecule has 0 bridgehead atoms. The van der Waals surface area contributed by atoms with Crippen LogP contribution < -0.4 is 5.32 Å². The Morgan fingerprint density at radius 3 is 2.58 bits per heavy atom. The third kappa shape index (κ3) is 3.33. The van der Waals surface area contributed by atoms with Gasteiger partial charge in [-0.2, -0.15) is 13.2 Å². The second-order valence-electron chi connectivity index (χ2n) is 6.87. The highest BCUT2D eigenvalue weighted by molar-refractivity contribution is 5.82. The number of pyridine rings is 1. The summed E-state index contributed by atoms with van der Waals surface area (Å²) in [5.41, 5.74) is 1.27. The second-order valence-corrected chi connectivity index (χ2v) is 6.87. The summed E-state index contributed by atoms with van der Waals surface area (Å²) < 4.78 is 41.5. The van der Waals surface area contributed by atoms with Gasteiger partial charge in [-0.15, -0.1) is 0 Å². The largest absolute Gasteiger partial charge is 0.433 e. The van der Waals surface area contributed by atoms with E-state index in [1.54, 1.807) is 28.8 Å². The molecule has 0 fully saturated rings. The SMILES string of the molecule is C[C@H](Nc1ncnc2[nH]cnc12)c1nc2ccc(C(F)(F)F)nc2n1-c1ccccc1. The summed E-state index contributed by atoms with van der Waals surface area (Å²) in [6.07, 6.45) is -1.65. The lowest BCUT2D eigenvalue weighted by atomic mass is 10.2. The monoisotopic (exact) mass is 424 g/mol. The number of fused-ring (bicyclic) bond motifs is 2. The molecule has 0 saturated carbocycles. The highest BCUT2D eigenvalue weighted by atomic mass is 19.4. The van der Waals surface area contributed by atoms with Gasteiger partial charge in [-0.05, 0) is 31.2 Å². The van der Waals surface area contributed by atoms with Gasteiger partial charge in [0.1, 0.15) is 28.9 Å². The van der Waals surface area contributed by atoms with E-state index < -0.39 is 17.9 Å². The van der Waals surface area contributed by atoms with Crippen LogP contribution in [0.25, 0.3) is 28.0 Å². The average molecular weight is 424 g/mol. The fraction of sp³-hybridized carbons (Fsp3) is 0.150. The third-order valence-corrected chi connectivity index (χ3v) is 4.79. The zero-order valence-corrected chi connectivity index (χ0v) is 16.1. The summed E-state index contributed by atoms with van der Waals surface area (Å²) in [5, 5.41) is 3.24. The van der Waals surface area contributed by atoms with Crippen LogP contribution in [0.4, 0.5) is 19.0 Å². The molecule has 0 amide bonds. The van der Waals surface area contributed by atoms with Gasteiger partial charge >= 0.3 is 6.18 Å². The predicted octanol–water partition coefficient (Wildman–Crippen LogP) is 4.28. The molecule has 4 heterocycles. The molecule has 5 aromatic rings. The Hall–Kier alpha value is -4.02. The van der Waals surface area contributed by atoms with Gasteiger partial charge in [0.25, 0.3) is 0 Å². The van der Waals surface area contributed by atoms with E-state index in [4.69, 9.17) is 0 Å². The van der Waals surface area contributed by atoms with Crippen molar-refractivity contribution in [2.45, 2.75) is 19.1 Å². The number of halogens is 3. The van der Waals surface area contributed by atoms with Crippen LogP contribution in [0.15, 0.2) is 55.1 Å². The van der Waals surface area contributed by atoms with E-state index >= 15 is 0 Å². The van der Waals surface area contributed by atoms with Crippen LogP contribution in [0.1, 0.15) is 24.5 Å². The van der Waals surface area contributed by atoms with Gasteiger partial charge in [0.2, 0.25) is 0 Å². The minimum atomic E-state index is -4.56. The molecule has 5 rings (SSSR count). The lowest BCUT2D eigenvalue weighted by molar-refractivity contribution is -0.141. The van der Waals surface area contributed by atoms with Crippen LogP contribution in [0.5, 0.6) is 0 Å². The van der Waals surface area contributed by atoms with Gasteiger partial charge in [0.05, 0.1) is 12.4 Å². The molecule has 0 aliphatic carbocycles. The van der Waals surface area contributed by atoms with Crippen molar-refractivity contribution in [3.63, 3.8) is 0 Å². The van der Waals surface area contributed by atoms with E-state index in [9.17, 15) is 13.2 Å². The molecule has 31 heavy (non-hydrogen) atoms. The first-order valence-corrected chi connectivity index (χ1v) is 9.34. The maximum atomic E-state index is 13.3. The first-order valence-electron chi connectivity index (χ1n) is 9.34. The highest BCUT2D eigenvalue weighted by Crippen LogP contribution is 2.32. The fourth-order valence-corrected chi connectivity index (χ4v) is 3.39. The first kappa shape index (κ1) is 19.0. The van der Waals surface area contributed by atoms with Crippen LogP contribution in [-0.4, -0.2) is 34.5 Å². The van der Waals surface area contributed by atoms with E-state index in [1.807, 2.05) is 13.0 Å². The molecule has 1 aromatic carbocycles. The van der Waals surface area contributed by atoms with Crippen LogP contribution in [0.3, 0.4) is 0 Å². The topological polar surface area (TPSA) is 97.2 Å². The van der Waals surface area contributed by atoms with E-state index in [2.05, 4.69) is 35.2 Å². The number of alkyl halides is 3. The first-order chi connectivity index (χ1) is 14.9. The number of hydrogen-bond donors (Lipinski definition) is 2. The Kier molecular flexibility index (Phi) is 4.31. The molecular weight excluding hydrogens is 409 g/mol. The number of rotatable bonds is 4. The lowest BCUT2D eigenvalue weighted by Crippen LogP contribution is -2.15. The number of aromatic nitrogens is 7. The van der Waals surface area contributed by atoms with Crippen molar-refractivity contribution in [1.29, 1.82) is 0 Å². The smallest absolute Gasteiger partial charge is 0.358 e. The Morgan fingerprint density at radius 2 is 1.81 bits per heavy atom. The molecule has 4 aromatic heterocycles. The molecule has 0 radical (unpaired) electrons. The van der Waals surface area contributed by atoms with Crippen LogP contribution >= 0.6 is 0 Å². The maximum Gasteiger partial charge on any atom is 0.433 e. The Bertz CT molecular complexity index is 1370. The number of nitrogens with zero attached hydrogens (tertiary/aromatic N) is 6. The van der Waals surface area contributed by atoms with Crippen molar-refractivity contribution in [2.24, 2.45) is 0 Å². The summed E-state index contributed by atoms with van der Waals surface area (Å²) in [5.74, 6) is 0.963. The van der Waals surface area contributed by atoms with Gasteiger partial charge in [-0.1, -0.05) is 18.2 Å². The van der Waals surface area contributed by atoms with Crippen molar-refractivity contribution < 1.29 is 13.2 Å². The number of aromatic amines is 1. The van der Waals surface area contributed by atoms with Crippen molar-refractivity contribution in [1.82, 2.24) is 34.5 Å².